The topological polar surface area (TPSA) is 30.5 Å². The van der Waals surface area contributed by atoms with Crippen LogP contribution in [0.2, 0.25) is 0 Å². The van der Waals surface area contributed by atoms with E-state index in [1.54, 1.807) is 14.2 Å². The first-order valence-corrected chi connectivity index (χ1v) is 11.0. The van der Waals surface area contributed by atoms with Gasteiger partial charge in [-0.1, -0.05) is 48.2 Å². The van der Waals surface area contributed by atoms with Gasteiger partial charge in [-0.15, -0.1) is 0 Å². The zero-order valence-corrected chi connectivity index (χ0v) is 19.9. The molecule has 3 heteroatoms. The Morgan fingerprint density at radius 3 is 2.45 bits per heavy atom. The molecule has 0 heterocycles. The lowest BCUT2D eigenvalue weighted by molar-refractivity contribution is 0.276. The zero-order valence-electron chi connectivity index (χ0n) is 19.9. The predicted molar refractivity (Wildman–Crippen MR) is 138 cm³/mol. The third-order valence-corrected chi connectivity index (χ3v) is 5.42. The molecule has 1 aliphatic carbocycles. The second-order valence-corrected chi connectivity index (χ2v) is 7.93. The van der Waals surface area contributed by atoms with Crippen LogP contribution in [-0.4, -0.2) is 14.2 Å². The van der Waals surface area contributed by atoms with Gasteiger partial charge in [0.15, 0.2) is 0 Å². The maximum absolute atomic E-state index is 5.52. The number of nitrogens with one attached hydrogen (secondary N) is 1. The number of hydrogen-bond acceptors (Lipinski definition) is 3. The molecule has 0 atom stereocenters. The monoisotopic (exact) mass is 437 g/mol. The van der Waals surface area contributed by atoms with Crippen LogP contribution in [0, 0.1) is 18.8 Å². The molecule has 1 N–H and O–H groups in total. The van der Waals surface area contributed by atoms with Crippen LogP contribution in [0.1, 0.15) is 42.0 Å². The van der Waals surface area contributed by atoms with Gasteiger partial charge in [0.25, 0.3) is 0 Å². The third kappa shape index (κ3) is 7.05. The second-order valence-electron chi connectivity index (χ2n) is 7.93. The third-order valence-electron chi connectivity index (χ3n) is 5.42. The Morgan fingerprint density at radius 2 is 1.79 bits per heavy atom. The van der Waals surface area contributed by atoms with Gasteiger partial charge in [0.2, 0.25) is 0 Å². The highest BCUT2D eigenvalue weighted by molar-refractivity contribution is 5.65. The summed E-state index contributed by atoms with van der Waals surface area (Å²) in [5.41, 5.74) is 7.35. The highest BCUT2D eigenvalue weighted by Gasteiger charge is 2.05. The van der Waals surface area contributed by atoms with E-state index in [0.29, 0.717) is 0 Å². The van der Waals surface area contributed by atoms with E-state index >= 15 is 0 Å². The Kier molecular flexibility index (Phi) is 8.38. The lowest BCUT2D eigenvalue weighted by atomic mass is 10.0. The van der Waals surface area contributed by atoms with Crippen LogP contribution < -0.4 is 10.1 Å². The minimum absolute atomic E-state index is 0.785. The van der Waals surface area contributed by atoms with Gasteiger partial charge in [-0.05, 0) is 73.9 Å². The van der Waals surface area contributed by atoms with Gasteiger partial charge < -0.3 is 14.8 Å². The van der Waals surface area contributed by atoms with Crippen molar-refractivity contribution in [1.29, 1.82) is 0 Å². The highest BCUT2D eigenvalue weighted by atomic mass is 16.5. The molecule has 168 valence electrons. The molecule has 2 aromatic rings. The van der Waals surface area contributed by atoms with Crippen LogP contribution in [0.5, 0.6) is 5.75 Å². The molecule has 2 aromatic carbocycles. The molecule has 0 saturated heterocycles. The summed E-state index contributed by atoms with van der Waals surface area (Å²) in [6, 6.07) is 14.4. The lowest BCUT2D eigenvalue weighted by Crippen LogP contribution is -2.01. The normalized spacial score (nSPS) is 13.5. The average molecular weight is 438 g/mol. The first-order chi connectivity index (χ1) is 16.0. The van der Waals surface area contributed by atoms with Gasteiger partial charge in [-0.3, -0.25) is 0 Å². The van der Waals surface area contributed by atoms with E-state index in [9.17, 15) is 0 Å². The van der Waals surface area contributed by atoms with Crippen molar-refractivity contribution in [3.8, 4) is 17.6 Å². The summed E-state index contributed by atoms with van der Waals surface area (Å²) in [5.74, 6) is 8.32. The largest absolute Gasteiger partial charge is 0.501 e. The van der Waals surface area contributed by atoms with E-state index in [4.69, 9.17) is 9.47 Å². The quantitative estimate of drug-likeness (QED) is 0.382. The standard InChI is InChI=1S/C30H31NO2/c1-22-6-14-27(15-7-22)23(2)21-31-24(3)8-16-28-20-26(13-19-30(28)33-5)10-9-25-11-17-29(32-4)18-12-25/h6-8,11,13-17,19-21,31H,3,12,18H2,1-2,4-5H3/b16-8+,23-21+. The van der Waals surface area contributed by atoms with Crippen molar-refractivity contribution in [3.63, 3.8) is 0 Å². The van der Waals surface area contributed by atoms with Crippen molar-refractivity contribution in [1.82, 2.24) is 5.32 Å². The van der Waals surface area contributed by atoms with Crippen molar-refractivity contribution in [3.05, 3.63) is 113 Å². The first-order valence-electron chi connectivity index (χ1n) is 11.0. The predicted octanol–water partition coefficient (Wildman–Crippen LogP) is 6.78. The van der Waals surface area contributed by atoms with Crippen LogP contribution in [0.4, 0.5) is 0 Å². The molecule has 3 rings (SSSR count). The summed E-state index contributed by atoms with van der Waals surface area (Å²) >= 11 is 0. The fraction of sp³-hybridized carbons (Fsp3) is 0.200. The summed E-state index contributed by atoms with van der Waals surface area (Å²) in [6.45, 7) is 8.27. The fourth-order valence-electron chi connectivity index (χ4n) is 3.33. The second kappa shape index (κ2) is 11.6. The maximum atomic E-state index is 5.52. The Bertz CT molecular complexity index is 1180. The molecule has 0 amide bonds. The number of allylic oxidation sites excluding steroid dienone is 6. The Morgan fingerprint density at radius 1 is 1.00 bits per heavy atom. The van der Waals surface area contributed by atoms with Crippen molar-refractivity contribution >= 4 is 11.6 Å². The van der Waals surface area contributed by atoms with Crippen LogP contribution in [-0.2, 0) is 4.74 Å². The number of aryl methyl sites for hydroxylation is 1. The minimum Gasteiger partial charge on any atom is -0.501 e. The van der Waals surface area contributed by atoms with Gasteiger partial charge in [0.05, 0.1) is 20.0 Å². The van der Waals surface area contributed by atoms with Gasteiger partial charge >= 0.3 is 0 Å². The van der Waals surface area contributed by atoms with E-state index in [-0.39, 0.29) is 0 Å². The summed E-state index contributed by atoms with van der Waals surface area (Å²) in [4.78, 5) is 0. The zero-order chi connectivity index (χ0) is 23.6. The highest BCUT2D eigenvalue weighted by Crippen LogP contribution is 2.22. The number of rotatable bonds is 7. The van der Waals surface area contributed by atoms with Crippen molar-refractivity contribution in [2.45, 2.75) is 26.7 Å². The molecular formula is C30H31NO2. The number of ether oxygens (including phenoxy) is 2. The molecule has 3 nitrogen and oxygen atoms in total. The summed E-state index contributed by atoms with van der Waals surface area (Å²) < 4.78 is 10.8. The fourth-order valence-corrected chi connectivity index (χ4v) is 3.33. The van der Waals surface area contributed by atoms with E-state index < -0.39 is 0 Å². The van der Waals surface area contributed by atoms with E-state index in [1.165, 1.54) is 11.1 Å². The molecule has 0 radical (unpaired) electrons. The number of benzene rings is 2. The van der Waals surface area contributed by atoms with Crippen LogP contribution in [0.15, 0.2) is 90.5 Å². The van der Waals surface area contributed by atoms with Crippen molar-refractivity contribution < 1.29 is 9.47 Å². The summed E-state index contributed by atoms with van der Waals surface area (Å²) in [5, 5.41) is 3.26. The molecule has 0 saturated carbocycles. The van der Waals surface area contributed by atoms with Gasteiger partial charge in [-0.2, -0.15) is 0 Å². The van der Waals surface area contributed by atoms with E-state index in [1.807, 2.05) is 48.7 Å². The van der Waals surface area contributed by atoms with Gasteiger partial charge in [0.1, 0.15) is 5.75 Å². The van der Waals surface area contributed by atoms with E-state index in [2.05, 4.69) is 61.8 Å². The molecule has 0 spiro atoms. The number of methoxy groups -OCH3 is 2. The van der Waals surface area contributed by atoms with Crippen molar-refractivity contribution in [2.75, 3.05) is 14.2 Å². The van der Waals surface area contributed by atoms with Crippen LogP contribution in [0.25, 0.3) is 11.6 Å². The molecule has 0 aliphatic heterocycles. The molecule has 33 heavy (non-hydrogen) atoms. The smallest absolute Gasteiger partial charge is 0.126 e. The molecular weight excluding hydrogens is 406 g/mol. The Balaban J connectivity index is 1.69. The van der Waals surface area contributed by atoms with Crippen LogP contribution >= 0.6 is 0 Å². The van der Waals surface area contributed by atoms with Gasteiger partial charge in [-0.25, -0.2) is 0 Å². The van der Waals surface area contributed by atoms with Crippen molar-refractivity contribution in [2.24, 2.45) is 0 Å². The Hall–Kier alpha value is -3.90. The molecule has 0 fully saturated rings. The Labute approximate surface area is 197 Å². The lowest BCUT2D eigenvalue weighted by Gasteiger charge is -2.09. The van der Waals surface area contributed by atoms with E-state index in [0.717, 1.165) is 52.3 Å². The molecule has 0 unspecified atom stereocenters. The molecule has 1 aliphatic rings. The summed E-state index contributed by atoms with van der Waals surface area (Å²) in [6.07, 6.45) is 11.7. The van der Waals surface area contributed by atoms with Gasteiger partial charge in [0, 0.05) is 35.0 Å². The average Bonchev–Trinajstić information content (AvgIpc) is 2.85. The minimum atomic E-state index is 0.785. The number of hydrogen-bond donors (Lipinski definition) is 1. The first kappa shape index (κ1) is 23.8. The van der Waals surface area contributed by atoms with Crippen LogP contribution in [0.3, 0.4) is 0 Å². The SMILES string of the molecule is C=C(/C=C/c1cc(C#CC2=CC=C(OC)CC2)ccc1OC)N/C=C(\C)c1ccc(C)cc1. The maximum Gasteiger partial charge on any atom is 0.126 e. The summed E-state index contributed by atoms with van der Waals surface area (Å²) in [7, 11) is 3.37. The molecule has 0 bridgehead atoms. The molecule has 0 aromatic heterocycles.